The van der Waals surface area contributed by atoms with Crippen LogP contribution in [-0.4, -0.2) is 47.5 Å². The molecule has 2 heterocycles. The van der Waals surface area contributed by atoms with Gasteiger partial charge < -0.3 is 10.0 Å². The van der Waals surface area contributed by atoms with Gasteiger partial charge in [0.05, 0.1) is 18.5 Å². The number of piperidine rings is 1. The number of likely N-dealkylation sites (tertiary alicyclic amines) is 1. The summed E-state index contributed by atoms with van der Waals surface area (Å²) in [4.78, 5) is 15.9. The number of aryl methyl sites for hydroxylation is 1. The number of rotatable bonds is 3. The lowest BCUT2D eigenvalue weighted by atomic mass is 9.85. The zero-order valence-electron chi connectivity index (χ0n) is 16.1. The minimum absolute atomic E-state index is 0.0405. The summed E-state index contributed by atoms with van der Waals surface area (Å²) in [6.07, 6.45) is 0.662. The maximum Gasteiger partial charge on any atom is 0.267 e. The number of amides is 1. The molecule has 29 heavy (non-hydrogen) atoms. The van der Waals surface area contributed by atoms with Crippen LogP contribution in [0.2, 0.25) is 0 Å². The molecule has 1 amide bonds. The van der Waals surface area contributed by atoms with Crippen molar-refractivity contribution in [3.8, 4) is 5.75 Å². The van der Waals surface area contributed by atoms with Crippen molar-refractivity contribution in [1.29, 1.82) is 0 Å². The summed E-state index contributed by atoms with van der Waals surface area (Å²) in [7, 11) is 0. The van der Waals surface area contributed by atoms with Crippen LogP contribution in [0.5, 0.6) is 5.75 Å². The normalized spacial score (nSPS) is 24.8. The highest BCUT2D eigenvalue weighted by Crippen LogP contribution is 2.42. The van der Waals surface area contributed by atoms with Gasteiger partial charge in [0.25, 0.3) is 5.92 Å². The molecule has 0 spiro atoms. The van der Waals surface area contributed by atoms with Crippen LogP contribution in [0.1, 0.15) is 29.9 Å². The largest absolute Gasteiger partial charge is 0.508 e. The molecule has 154 valence electrons. The lowest BCUT2D eigenvalue weighted by molar-refractivity contribution is -0.128. The molecule has 2 aliphatic rings. The molecule has 0 saturated carbocycles. The number of aromatic hydroxyl groups is 1. The van der Waals surface area contributed by atoms with Gasteiger partial charge in [-0.2, -0.15) is 0 Å². The van der Waals surface area contributed by atoms with Gasteiger partial charge in [0.2, 0.25) is 5.91 Å². The van der Waals surface area contributed by atoms with Crippen molar-refractivity contribution >= 4 is 11.6 Å². The van der Waals surface area contributed by atoms with E-state index in [1.54, 1.807) is 24.0 Å². The SMILES string of the molecule is Cc1ccc(N2CC[C@@H](N3CC[C@@H](c4ccc(O)cc4)C(F)(F)C3)C2=O)cc1F. The third-order valence-electron chi connectivity index (χ3n) is 6.01. The Labute approximate surface area is 167 Å². The van der Waals surface area contributed by atoms with Gasteiger partial charge in [-0.1, -0.05) is 18.2 Å². The summed E-state index contributed by atoms with van der Waals surface area (Å²) < 4.78 is 43.7. The molecule has 2 aromatic carbocycles. The van der Waals surface area contributed by atoms with Gasteiger partial charge in [0.15, 0.2) is 0 Å². The predicted molar refractivity (Wildman–Crippen MR) is 104 cm³/mol. The monoisotopic (exact) mass is 404 g/mol. The van der Waals surface area contributed by atoms with Crippen LogP contribution in [0, 0.1) is 12.7 Å². The first-order valence-corrected chi connectivity index (χ1v) is 9.74. The van der Waals surface area contributed by atoms with Crippen molar-refractivity contribution in [3.63, 3.8) is 0 Å². The third kappa shape index (κ3) is 3.71. The highest BCUT2D eigenvalue weighted by molar-refractivity contribution is 5.99. The highest BCUT2D eigenvalue weighted by atomic mass is 19.3. The summed E-state index contributed by atoms with van der Waals surface area (Å²) in [6, 6.07) is 9.88. The minimum atomic E-state index is -2.99. The molecule has 2 atom stereocenters. The zero-order chi connectivity index (χ0) is 20.8. The molecule has 0 aliphatic carbocycles. The Morgan fingerprint density at radius 3 is 2.45 bits per heavy atom. The van der Waals surface area contributed by atoms with E-state index >= 15 is 0 Å². The Hall–Kier alpha value is -2.54. The van der Waals surface area contributed by atoms with Gasteiger partial charge >= 0.3 is 0 Å². The summed E-state index contributed by atoms with van der Waals surface area (Å²) in [5.41, 5.74) is 1.45. The van der Waals surface area contributed by atoms with E-state index < -0.39 is 24.4 Å². The first-order chi connectivity index (χ1) is 13.8. The maximum atomic E-state index is 14.9. The maximum absolute atomic E-state index is 14.9. The van der Waals surface area contributed by atoms with Crippen molar-refractivity contribution in [2.75, 3.05) is 24.5 Å². The second-order valence-corrected chi connectivity index (χ2v) is 7.89. The Balaban J connectivity index is 1.48. The zero-order valence-corrected chi connectivity index (χ0v) is 16.1. The first kappa shape index (κ1) is 19.8. The molecule has 1 N–H and O–H groups in total. The van der Waals surface area contributed by atoms with E-state index in [0.717, 1.165) is 0 Å². The van der Waals surface area contributed by atoms with Gasteiger partial charge in [0, 0.05) is 12.2 Å². The summed E-state index contributed by atoms with van der Waals surface area (Å²) in [5.74, 6) is -4.54. The average molecular weight is 404 g/mol. The van der Waals surface area contributed by atoms with Crippen LogP contribution in [0.4, 0.5) is 18.9 Å². The second-order valence-electron chi connectivity index (χ2n) is 7.89. The van der Waals surface area contributed by atoms with E-state index in [9.17, 15) is 23.1 Å². The van der Waals surface area contributed by atoms with Gasteiger partial charge in [-0.25, -0.2) is 13.2 Å². The van der Waals surface area contributed by atoms with Crippen LogP contribution in [0.25, 0.3) is 0 Å². The van der Waals surface area contributed by atoms with E-state index in [4.69, 9.17) is 0 Å². The van der Waals surface area contributed by atoms with Crippen LogP contribution in [-0.2, 0) is 4.79 Å². The fraction of sp³-hybridized carbons (Fsp3) is 0.409. The minimum Gasteiger partial charge on any atom is -0.508 e. The second kappa shape index (κ2) is 7.37. The fourth-order valence-electron chi connectivity index (χ4n) is 4.36. The number of hydrogen-bond acceptors (Lipinski definition) is 3. The number of carbonyl (C=O) groups is 1. The third-order valence-corrected chi connectivity index (χ3v) is 6.01. The van der Waals surface area contributed by atoms with E-state index in [1.165, 1.54) is 35.2 Å². The Bertz CT molecular complexity index is 917. The number of phenols is 1. The molecular formula is C22H23F3N2O2. The standard InChI is InChI=1S/C22H23F3N2O2/c1-14-2-5-16(12-19(14)23)27-11-9-20(21(27)29)26-10-8-18(22(24,25)13-26)15-3-6-17(28)7-4-15/h2-7,12,18,20,28H,8-11,13H2,1H3/t18-,20+/m0/s1. The van der Waals surface area contributed by atoms with Crippen LogP contribution < -0.4 is 4.90 Å². The topological polar surface area (TPSA) is 43.8 Å². The number of phenolic OH excluding ortho intramolecular Hbond substituents is 1. The first-order valence-electron chi connectivity index (χ1n) is 9.74. The van der Waals surface area contributed by atoms with Crippen molar-refractivity contribution in [2.24, 2.45) is 0 Å². The molecular weight excluding hydrogens is 381 g/mol. The molecule has 2 saturated heterocycles. The molecule has 7 heteroatoms. The Kier molecular flexibility index (Phi) is 5.02. The number of halogens is 3. The Morgan fingerprint density at radius 2 is 1.79 bits per heavy atom. The van der Waals surface area contributed by atoms with E-state index in [-0.39, 0.29) is 23.9 Å². The molecule has 2 aromatic rings. The number of benzene rings is 2. The number of anilines is 1. The molecule has 0 bridgehead atoms. The molecule has 0 unspecified atom stereocenters. The van der Waals surface area contributed by atoms with Crippen LogP contribution in [0.15, 0.2) is 42.5 Å². The lowest BCUT2D eigenvalue weighted by Gasteiger charge is -2.40. The quantitative estimate of drug-likeness (QED) is 0.839. The number of nitrogens with zero attached hydrogens (tertiary/aromatic N) is 2. The van der Waals surface area contributed by atoms with Crippen molar-refractivity contribution < 1.29 is 23.1 Å². The number of alkyl halides is 2. The summed E-state index contributed by atoms with van der Waals surface area (Å²) >= 11 is 0. The van der Waals surface area contributed by atoms with Gasteiger partial charge in [-0.3, -0.25) is 9.69 Å². The van der Waals surface area contributed by atoms with Crippen molar-refractivity contribution in [1.82, 2.24) is 4.90 Å². The summed E-state index contributed by atoms with van der Waals surface area (Å²) in [6.45, 7) is 1.92. The molecule has 4 rings (SSSR count). The fourth-order valence-corrected chi connectivity index (χ4v) is 4.36. The number of carbonyl (C=O) groups excluding carboxylic acids is 1. The molecule has 2 aliphatic heterocycles. The van der Waals surface area contributed by atoms with Gasteiger partial charge in [0.1, 0.15) is 11.6 Å². The van der Waals surface area contributed by atoms with Crippen molar-refractivity contribution in [3.05, 3.63) is 59.4 Å². The highest BCUT2D eigenvalue weighted by Gasteiger charge is 2.49. The lowest BCUT2D eigenvalue weighted by Crippen LogP contribution is -2.53. The smallest absolute Gasteiger partial charge is 0.267 e. The average Bonchev–Trinajstić information content (AvgIpc) is 3.06. The molecule has 2 fully saturated rings. The molecule has 0 aromatic heterocycles. The predicted octanol–water partition coefficient (Wildman–Crippen LogP) is 4.07. The van der Waals surface area contributed by atoms with Crippen LogP contribution in [0.3, 0.4) is 0 Å². The van der Waals surface area contributed by atoms with E-state index in [0.29, 0.717) is 36.3 Å². The van der Waals surface area contributed by atoms with Gasteiger partial charge in [-0.15, -0.1) is 0 Å². The van der Waals surface area contributed by atoms with Crippen LogP contribution >= 0.6 is 0 Å². The number of hydrogen-bond donors (Lipinski definition) is 1. The molecule has 4 nitrogen and oxygen atoms in total. The van der Waals surface area contributed by atoms with E-state index in [1.807, 2.05) is 0 Å². The van der Waals surface area contributed by atoms with Gasteiger partial charge in [-0.05, 0) is 61.7 Å². The molecule has 0 radical (unpaired) electrons. The van der Waals surface area contributed by atoms with E-state index in [2.05, 4.69) is 0 Å². The Morgan fingerprint density at radius 1 is 1.07 bits per heavy atom. The van der Waals surface area contributed by atoms with Crippen molar-refractivity contribution in [2.45, 2.75) is 37.6 Å². The summed E-state index contributed by atoms with van der Waals surface area (Å²) in [5, 5.41) is 9.39.